The van der Waals surface area contributed by atoms with Crippen LogP contribution in [0.5, 0.6) is 0 Å². The van der Waals surface area contributed by atoms with Crippen LogP contribution in [-0.4, -0.2) is 46.1 Å². The quantitative estimate of drug-likeness (QED) is 0.780. The van der Waals surface area contributed by atoms with E-state index in [9.17, 15) is 13.2 Å². The van der Waals surface area contributed by atoms with E-state index < -0.39 is 9.84 Å². The van der Waals surface area contributed by atoms with Crippen molar-refractivity contribution in [2.75, 3.05) is 31.8 Å². The molecule has 0 aliphatic heterocycles. The summed E-state index contributed by atoms with van der Waals surface area (Å²) in [5, 5.41) is 6.27. The summed E-state index contributed by atoms with van der Waals surface area (Å²) in [6.45, 7) is 0.844. The SMILES string of the molecule is C.C.CS(=O)(=O)CCOCCNC(=O)c1ccsc1. The Bertz CT molecular complexity index is 440. The highest BCUT2D eigenvalue weighted by Crippen LogP contribution is 2.04. The largest absolute Gasteiger partial charge is 0.379 e. The zero-order chi connectivity index (χ0) is 12.7. The van der Waals surface area contributed by atoms with Crippen LogP contribution in [-0.2, 0) is 14.6 Å². The molecule has 0 aliphatic rings. The molecule has 1 amide bonds. The van der Waals surface area contributed by atoms with Gasteiger partial charge in [0.1, 0.15) is 9.84 Å². The molecule has 0 unspecified atom stereocenters. The van der Waals surface area contributed by atoms with E-state index in [4.69, 9.17) is 4.74 Å². The molecule has 1 aromatic rings. The van der Waals surface area contributed by atoms with Crippen LogP contribution >= 0.6 is 11.3 Å². The van der Waals surface area contributed by atoms with Crippen molar-refractivity contribution in [2.24, 2.45) is 0 Å². The van der Waals surface area contributed by atoms with E-state index in [1.165, 1.54) is 11.3 Å². The van der Waals surface area contributed by atoms with Crippen LogP contribution in [0.25, 0.3) is 0 Å². The Kier molecular flexibility index (Phi) is 10.7. The average molecular weight is 309 g/mol. The Labute approximate surface area is 119 Å². The van der Waals surface area contributed by atoms with E-state index in [1.807, 2.05) is 5.38 Å². The molecule has 1 aromatic heterocycles. The van der Waals surface area contributed by atoms with Crippen LogP contribution in [0.4, 0.5) is 0 Å². The first kappa shape index (κ1) is 20.4. The molecular formula is C12H23NO4S2. The molecule has 0 atom stereocenters. The van der Waals surface area contributed by atoms with Crippen molar-refractivity contribution in [1.29, 1.82) is 0 Å². The second-order valence-electron chi connectivity index (χ2n) is 3.51. The number of ether oxygens (including phenoxy) is 1. The summed E-state index contributed by atoms with van der Waals surface area (Å²) in [6.07, 6.45) is 1.16. The summed E-state index contributed by atoms with van der Waals surface area (Å²) in [6, 6.07) is 1.74. The Morgan fingerprint density at radius 1 is 1.37 bits per heavy atom. The summed E-state index contributed by atoms with van der Waals surface area (Å²) >= 11 is 1.46. The fraction of sp³-hybridized carbons (Fsp3) is 0.583. The first-order valence-electron chi connectivity index (χ1n) is 5.05. The van der Waals surface area contributed by atoms with E-state index in [1.54, 1.807) is 11.4 Å². The molecule has 0 bridgehead atoms. The van der Waals surface area contributed by atoms with Crippen molar-refractivity contribution in [2.45, 2.75) is 14.9 Å². The fourth-order valence-electron chi connectivity index (χ4n) is 1.04. The van der Waals surface area contributed by atoms with E-state index in [0.29, 0.717) is 18.7 Å². The normalized spacial score (nSPS) is 10.2. The number of thiophene rings is 1. The van der Waals surface area contributed by atoms with Gasteiger partial charge in [0.05, 0.1) is 19.0 Å². The summed E-state index contributed by atoms with van der Waals surface area (Å²) < 4.78 is 26.6. The number of carbonyl (C=O) groups is 1. The maximum absolute atomic E-state index is 11.4. The maximum Gasteiger partial charge on any atom is 0.252 e. The third kappa shape index (κ3) is 9.63. The molecule has 5 nitrogen and oxygen atoms in total. The van der Waals surface area contributed by atoms with Gasteiger partial charge in [0, 0.05) is 23.7 Å². The highest BCUT2D eigenvalue weighted by Gasteiger charge is 2.04. The van der Waals surface area contributed by atoms with Gasteiger partial charge in [-0.15, -0.1) is 0 Å². The maximum atomic E-state index is 11.4. The van der Waals surface area contributed by atoms with Crippen molar-refractivity contribution in [3.05, 3.63) is 22.4 Å². The molecule has 1 heterocycles. The van der Waals surface area contributed by atoms with Gasteiger partial charge in [-0.05, 0) is 11.4 Å². The van der Waals surface area contributed by atoms with Gasteiger partial charge in [-0.3, -0.25) is 4.79 Å². The number of sulfone groups is 1. The predicted molar refractivity (Wildman–Crippen MR) is 80.6 cm³/mol. The van der Waals surface area contributed by atoms with Crippen LogP contribution in [0.3, 0.4) is 0 Å². The van der Waals surface area contributed by atoms with Gasteiger partial charge < -0.3 is 10.1 Å². The number of rotatable bonds is 7. The highest BCUT2D eigenvalue weighted by molar-refractivity contribution is 7.90. The molecule has 7 heteroatoms. The Morgan fingerprint density at radius 2 is 2.05 bits per heavy atom. The minimum absolute atomic E-state index is 0. The van der Waals surface area contributed by atoms with Crippen LogP contribution in [0.15, 0.2) is 16.8 Å². The summed E-state index contributed by atoms with van der Waals surface area (Å²) in [5.41, 5.74) is 0.631. The third-order valence-electron chi connectivity index (χ3n) is 1.91. The lowest BCUT2D eigenvalue weighted by atomic mass is 10.3. The third-order valence-corrected chi connectivity index (χ3v) is 3.51. The number of hydrogen-bond donors (Lipinski definition) is 1. The van der Waals surface area contributed by atoms with Crippen LogP contribution in [0.1, 0.15) is 25.2 Å². The lowest BCUT2D eigenvalue weighted by Gasteiger charge is -2.05. The van der Waals surface area contributed by atoms with Crippen LogP contribution in [0.2, 0.25) is 0 Å². The molecule has 1 N–H and O–H groups in total. The number of hydrogen-bond acceptors (Lipinski definition) is 5. The van der Waals surface area contributed by atoms with Gasteiger partial charge in [-0.25, -0.2) is 8.42 Å². The second kappa shape index (κ2) is 9.94. The predicted octanol–water partition coefficient (Wildman–Crippen LogP) is 1.81. The molecule has 0 saturated heterocycles. The van der Waals surface area contributed by atoms with Crippen molar-refractivity contribution < 1.29 is 17.9 Å². The Hall–Kier alpha value is -0.920. The molecule has 0 spiro atoms. The van der Waals surface area contributed by atoms with E-state index in [0.717, 1.165) is 6.26 Å². The molecule has 0 aliphatic carbocycles. The first-order chi connectivity index (χ1) is 7.99. The molecule has 0 aromatic carbocycles. The van der Waals surface area contributed by atoms with Gasteiger partial charge in [-0.2, -0.15) is 11.3 Å². The molecular weight excluding hydrogens is 286 g/mol. The minimum atomic E-state index is -2.97. The van der Waals surface area contributed by atoms with Gasteiger partial charge in [0.25, 0.3) is 5.91 Å². The molecule has 1 rings (SSSR count). The number of nitrogens with one attached hydrogen (secondary N) is 1. The highest BCUT2D eigenvalue weighted by atomic mass is 32.2. The van der Waals surface area contributed by atoms with Crippen molar-refractivity contribution in [3.63, 3.8) is 0 Å². The van der Waals surface area contributed by atoms with Crippen molar-refractivity contribution >= 4 is 27.1 Å². The number of amides is 1. The van der Waals surface area contributed by atoms with Gasteiger partial charge >= 0.3 is 0 Å². The monoisotopic (exact) mass is 309 g/mol. The summed E-state index contributed by atoms with van der Waals surface area (Å²) in [5.74, 6) is -0.135. The van der Waals surface area contributed by atoms with Gasteiger partial charge in [0.2, 0.25) is 0 Å². The zero-order valence-electron chi connectivity index (χ0n) is 9.51. The summed E-state index contributed by atoms with van der Waals surface area (Å²) in [7, 11) is -2.97. The Balaban J connectivity index is 0. The Morgan fingerprint density at radius 3 is 2.58 bits per heavy atom. The minimum Gasteiger partial charge on any atom is -0.379 e. The van der Waals surface area contributed by atoms with Gasteiger partial charge in [0.15, 0.2) is 0 Å². The van der Waals surface area contributed by atoms with Gasteiger partial charge in [-0.1, -0.05) is 14.9 Å². The lowest BCUT2D eigenvalue weighted by Crippen LogP contribution is -2.27. The summed E-state index contributed by atoms with van der Waals surface area (Å²) in [4.78, 5) is 11.4. The molecule has 19 heavy (non-hydrogen) atoms. The van der Waals surface area contributed by atoms with Crippen molar-refractivity contribution in [3.8, 4) is 0 Å². The topological polar surface area (TPSA) is 72.5 Å². The standard InChI is InChI=1S/C10H15NO4S2.2CH4/c1-17(13,14)7-5-15-4-3-11-10(12)9-2-6-16-8-9;;/h2,6,8H,3-5,7H2,1H3,(H,11,12);2*1H4. The smallest absolute Gasteiger partial charge is 0.252 e. The zero-order valence-corrected chi connectivity index (χ0v) is 11.1. The molecule has 0 fully saturated rings. The average Bonchev–Trinajstić information content (AvgIpc) is 2.74. The van der Waals surface area contributed by atoms with Crippen LogP contribution in [0, 0.1) is 0 Å². The first-order valence-corrected chi connectivity index (χ1v) is 8.05. The van der Waals surface area contributed by atoms with Crippen LogP contribution < -0.4 is 5.32 Å². The number of carbonyl (C=O) groups excluding carboxylic acids is 1. The molecule has 112 valence electrons. The van der Waals surface area contributed by atoms with E-state index in [-0.39, 0.29) is 33.1 Å². The lowest BCUT2D eigenvalue weighted by molar-refractivity contribution is 0.0923. The molecule has 0 saturated carbocycles. The van der Waals surface area contributed by atoms with Crippen molar-refractivity contribution in [1.82, 2.24) is 5.32 Å². The van der Waals surface area contributed by atoms with E-state index in [2.05, 4.69) is 5.32 Å². The molecule has 0 radical (unpaired) electrons. The fourth-order valence-corrected chi connectivity index (χ4v) is 2.10. The van der Waals surface area contributed by atoms with E-state index >= 15 is 0 Å². The second-order valence-corrected chi connectivity index (χ2v) is 6.55.